The number of benzene rings is 1. The molecule has 3 nitrogen and oxygen atoms in total. The van der Waals surface area contributed by atoms with Gasteiger partial charge in [-0.2, -0.15) is 13.2 Å². The first-order valence-corrected chi connectivity index (χ1v) is 4.92. The molecule has 0 spiro atoms. The van der Waals surface area contributed by atoms with Crippen molar-refractivity contribution < 1.29 is 23.1 Å². The minimum Gasteiger partial charge on any atom is -0.481 e. The molecule has 94 valence electrons. The predicted octanol–water partition coefficient (Wildman–Crippen LogP) is 2.05. The van der Waals surface area contributed by atoms with Crippen molar-refractivity contribution >= 4 is 5.97 Å². The summed E-state index contributed by atoms with van der Waals surface area (Å²) in [4.78, 5) is 10.4. The monoisotopic (exact) mass is 247 g/mol. The van der Waals surface area contributed by atoms with E-state index in [4.69, 9.17) is 10.8 Å². The molecular weight excluding hydrogens is 235 g/mol. The normalized spacial score (nSPS) is 13.4. The topological polar surface area (TPSA) is 63.3 Å². The molecule has 0 aliphatic carbocycles. The first kappa shape index (κ1) is 13.5. The van der Waals surface area contributed by atoms with Gasteiger partial charge in [0.15, 0.2) is 0 Å². The Kier molecular flexibility index (Phi) is 4.11. The van der Waals surface area contributed by atoms with Gasteiger partial charge in [-0.05, 0) is 24.1 Å². The summed E-state index contributed by atoms with van der Waals surface area (Å²) in [6, 6.07) is 3.95. The largest absolute Gasteiger partial charge is 0.481 e. The third kappa shape index (κ3) is 4.44. The average Bonchev–Trinajstić information content (AvgIpc) is 2.15. The highest BCUT2D eigenvalue weighted by molar-refractivity contribution is 5.67. The molecule has 0 fully saturated rings. The van der Waals surface area contributed by atoms with Crippen LogP contribution in [0.5, 0.6) is 0 Å². The molecule has 1 aromatic carbocycles. The Morgan fingerprint density at radius 1 is 1.29 bits per heavy atom. The molecule has 17 heavy (non-hydrogen) atoms. The lowest BCUT2D eigenvalue weighted by Gasteiger charge is -2.10. The summed E-state index contributed by atoms with van der Waals surface area (Å²) < 4.78 is 36.8. The summed E-state index contributed by atoms with van der Waals surface area (Å²) in [6.45, 7) is 0. The number of carboxylic acid groups (broad SMARTS) is 1. The predicted molar refractivity (Wildman–Crippen MR) is 55.4 cm³/mol. The Morgan fingerprint density at radius 2 is 1.82 bits per heavy atom. The van der Waals surface area contributed by atoms with Crippen LogP contribution < -0.4 is 5.73 Å². The second-order valence-electron chi connectivity index (χ2n) is 3.76. The van der Waals surface area contributed by atoms with Gasteiger partial charge in [-0.15, -0.1) is 0 Å². The molecule has 0 saturated heterocycles. The van der Waals surface area contributed by atoms with Gasteiger partial charge >= 0.3 is 12.1 Å². The van der Waals surface area contributed by atoms with E-state index in [9.17, 15) is 18.0 Å². The van der Waals surface area contributed by atoms with Crippen LogP contribution in [0.3, 0.4) is 0 Å². The number of rotatable bonds is 4. The van der Waals surface area contributed by atoms with Gasteiger partial charge < -0.3 is 10.8 Å². The van der Waals surface area contributed by atoms with Gasteiger partial charge in [0.1, 0.15) is 0 Å². The molecule has 0 aliphatic rings. The van der Waals surface area contributed by atoms with Gasteiger partial charge in [0, 0.05) is 6.04 Å². The van der Waals surface area contributed by atoms with Gasteiger partial charge in [0.05, 0.1) is 12.0 Å². The van der Waals surface area contributed by atoms with Crippen LogP contribution in [-0.4, -0.2) is 17.1 Å². The minimum atomic E-state index is -4.36. The lowest BCUT2D eigenvalue weighted by molar-refractivity contribution is -0.138. The lowest BCUT2D eigenvalue weighted by Crippen LogP contribution is -2.26. The van der Waals surface area contributed by atoms with Gasteiger partial charge in [-0.1, -0.05) is 12.1 Å². The Balaban J connectivity index is 2.66. The molecule has 0 heterocycles. The van der Waals surface area contributed by atoms with Crippen molar-refractivity contribution in [1.29, 1.82) is 0 Å². The second-order valence-corrected chi connectivity index (χ2v) is 3.76. The Hall–Kier alpha value is -1.56. The van der Waals surface area contributed by atoms with Gasteiger partial charge in [0.2, 0.25) is 0 Å². The van der Waals surface area contributed by atoms with Crippen molar-refractivity contribution in [1.82, 2.24) is 0 Å². The van der Waals surface area contributed by atoms with Crippen molar-refractivity contribution in [3.63, 3.8) is 0 Å². The molecule has 0 aromatic heterocycles. The smallest absolute Gasteiger partial charge is 0.416 e. The first-order chi connectivity index (χ1) is 7.79. The van der Waals surface area contributed by atoms with E-state index < -0.39 is 23.8 Å². The molecule has 1 aromatic rings. The Bertz CT molecular complexity index is 387. The van der Waals surface area contributed by atoms with E-state index in [0.29, 0.717) is 5.56 Å². The minimum absolute atomic E-state index is 0.207. The van der Waals surface area contributed by atoms with Crippen LogP contribution in [-0.2, 0) is 17.4 Å². The summed E-state index contributed by atoms with van der Waals surface area (Å²) in [5.41, 5.74) is 5.39. The number of aliphatic carboxylic acids is 1. The highest BCUT2D eigenvalue weighted by Crippen LogP contribution is 2.29. The average molecular weight is 247 g/mol. The van der Waals surface area contributed by atoms with Crippen LogP contribution in [0.1, 0.15) is 17.5 Å². The van der Waals surface area contributed by atoms with Gasteiger partial charge in [0.25, 0.3) is 0 Å². The highest BCUT2D eigenvalue weighted by atomic mass is 19.4. The van der Waals surface area contributed by atoms with E-state index in [2.05, 4.69) is 0 Å². The highest BCUT2D eigenvalue weighted by Gasteiger charge is 2.29. The molecule has 0 radical (unpaired) electrons. The summed E-state index contributed by atoms with van der Waals surface area (Å²) in [7, 11) is 0. The van der Waals surface area contributed by atoms with E-state index in [-0.39, 0.29) is 12.8 Å². The number of carbonyl (C=O) groups is 1. The standard InChI is InChI=1S/C11H12F3NO2/c12-11(13,14)8-3-1-7(2-4-8)5-9(15)6-10(16)17/h1-4,9H,5-6,15H2,(H,16,17). The summed E-state index contributed by atoms with van der Waals surface area (Å²) in [5.74, 6) is -1.02. The lowest BCUT2D eigenvalue weighted by atomic mass is 10.0. The Labute approximate surface area is 96.0 Å². The van der Waals surface area contributed by atoms with Crippen LogP contribution >= 0.6 is 0 Å². The van der Waals surface area contributed by atoms with E-state index in [1.54, 1.807) is 0 Å². The number of hydrogen-bond donors (Lipinski definition) is 2. The molecule has 0 amide bonds. The third-order valence-corrected chi connectivity index (χ3v) is 2.22. The maximum Gasteiger partial charge on any atom is 0.416 e. The molecule has 0 aliphatic heterocycles. The molecule has 1 unspecified atom stereocenters. The Morgan fingerprint density at radius 3 is 2.24 bits per heavy atom. The van der Waals surface area contributed by atoms with E-state index >= 15 is 0 Å². The molecule has 0 saturated carbocycles. The van der Waals surface area contributed by atoms with Crippen LogP contribution in [0.25, 0.3) is 0 Å². The fourth-order valence-electron chi connectivity index (χ4n) is 1.43. The summed E-state index contributed by atoms with van der Waals surface area (Å²) >= 11 is 0. The zero-order valence-corrected chi connectivity index (χ0v) is 8.87. The van der Waals surface area contributed by atoms with Crippen LogP contribution in [0, 0.1) is 0 Å². The number of carboxylic acids is 1. The van der Waals surface area contributed by atoms with Crippen LogP contribution in [0.15, 0.2) is 24.3 Å². The maximum atomic E-state index is 12.3. The molecule has 3 N–H and O–H groups in total. The SMILES string of the molecule is NC(CC(=O)O)Cc1ccc(C(F)(F)F)cc1. The van der Waals surface area contributed by atoms with Crippen molar-refractivity contribution in [2.75, 3.05) is 0 Å². The fourth-order valence-corrected chi connectivity index (χ4v) is 1.43. The first-order valence-electron chi connectivity index (χ1n) is 4.92. The number of nitrogens with two attached hydrogens (primary N) is 1. The summed E-state index contributed by atoms with van der Waals surface area (Å²) in [5, 5.41) is 8.48. The zero-order valence-electron chi connectivity index (χ0n) is 8.87. The van der Waals surface area contributed by atoms with Crippen molar-refractivity contribution in [3.05, 3.63) is 35.4 Å². The summed E-state index contributed by atoms with van der Waals surface area (Å²) in [6.07, 6.45) is -4.33. The van der Waals surface area contributed by atoms with E-state index in [0.717, 1.165) is 12.1 Å². The van der Waals surface area contributed by atoms with Crippen molar-refractivity contribution in [3.8, 4) is 0 Å². The van der Waals surface area contributed by atoms with Crippen LogP contribution in [0.2, 0.25) is 0 Å². The molecule has 1 rings (SSSR count). The second kappa shape index (κ2) is 5.18. The van der Waals surface area contributed by atoms with Gasteiger partial charge in [-0.3, -0.25) is 4.79 Å². The van der Waals surface area contributed by atoms with Gasteiger partial charge in [-0.25, -0.2) is 0 Å². The number of hydrogen-bond acceptors (Lipinski definition) is 2. The van der Waals surface area contributed by atoms with Crippen LogP contribution in [0.4, 0.5) is 13.2 Å². The zero-order chi connectivity index (χ0) is 13.1. The molecular formula is C11H12F3NO2. The maximum absolute atomic E-state index is 12.3. The number of alkyl halides is 3. The van der Waals surface area contributed by atoms with E-state index in [1.807, 2.05) is 0 Å². The number of halogens is 3. The third-order valence-electron chi connectivity index (χ3n) is 2.22. The fraction of sp³-hybridized carbons (Fsp3) is 0.364. The molecule has 1 atom stereocenters. The molecule has 0 bridgehead atoms. The van der Waals surface area contributed by atoms with Crippen molar-refractivity contribution in [2.24, 2.45) is 5.73 Å². The molecule has 6 heteroatoms. The quantitative estimate of drug-likeness (QED) is 0.855. The van der Waals surface area contributed by atoms with Crippen molar-refractivity contribution in [2.45, 2.75) is 25.1 Å². The van der Waals surface area contributed by atoms with E-state index in [1.165, 1.54) is 12.1 Å².